The molecule has 0 bridgehead atoms. The number of carbonyl (C=O) groups excluding carboxylic acids is 2. The van der Waals surface area contributed by atoms with Gasteiger partial charge in [-0.15, -0.1) is 3.89 Å². The quantitative estimate of drug-likeness (QED) is 0.506. The summed E-state index contributed by atoms with van der Waals surface area (Å²) >= 11 is 0. The lowest BCUT2D eigenvalue weighted by molar-refractivity contribution is -0.713. The number of likely N-dealkylation sites (N-methyl/N-ethyl adjacent to an activating group) is 1. The number of benzene rings is 3. The lowest BCUT2D eigenvalue weighted by atomic mass is 10.00. The predicted octanol–water partition coefficient (Wildman–Crippen LogP) is 4.24. The van der Waals surface area contributed by atoms with Gasteiger partial charge in [-0.3, -0.25) is 4.79 Å². The fraction of sp³-hybridized carbons (Fsp3) is 0.231. The Morgan fingerprint density at radius 2 is 1.44 bits per heavy atom. The molecular formula is C26H27NO4S+. The average Bonchev–Trinajstić information content (AvgIpc) is 2.76. The summed E-state index contributed by atoms with van der Waals surface area (Å²) in [5, 5.41) is 0. The van der Waals surface area contributed by atoms with E-state index in [2.05, 4.69) is 0 Å². The number of hydrogen-bond acceptors (Lipinski definition) is 4. The minimum absolute atomic E-state index is 0.0681. The van der Waals surface area contributed by atoms with Crippen LogP contribution in [0, 0.1) is 13.8 Å². The first-order valence-electron chi connectivity index (χ1n) is 10.3. The molecule has 165 valence electrons. The molecule has 5 nitrogen and oxygen atoms in total. The van der Waals surface area contributed by atoms with Gasteiger partial charge in [0.15, 0.2) is 6.04 Å². The summed E-state index contributed by atoms with van der Waals surface area (Å²) in [6.07, 6.45) is 2.90. The third-order valence-corrected chi connectivity index (χ3v) is 7.58. The van der Waals surface area contributed by atoms with Gasteiger partial charge in [-0.1, -0.05) is 60.7 Å². The zero-order valence-electron chi connectivity index (χ0n) is 18.7. The van der Waals surface area contributed by atoms with E-state index in [-0.39, 0.29) is 12.0 Å². The van der Waals surface area contributed by atoms with E-state index in [9.17, 15) is 18.0 Å². The van der Waals surface area contributed by atoms with Crippen LogP contribution in [0.25, 0.3) is 11.1 Å². The van der Waals surface area contributed by atoms with E-state index < -0.39 is 25.9 Å². The molecule has 0 spiro atoms. The van der Waals surface area contributed by atoms with E-state index >= 15 is 0 Å². The van der Waals surface area contributed by atoms with Gasteiger partial charge >= 0.3 is 15.9 Å². The minimum Gasteiger partial charge on any atom is -0.284 e. The second-order valence-electron chi connectivity index (χ2n) is 8.31. The summed E-state index contributed by atoms with van der Waals surface area (Å²) in [6, 6.07) is 21.4. The molecule has 0 fully saturated rings. The molecule has 3 rings (SSSR count). The Morgan fingerprint density at radius 1 is 0.906 bits per heavy atom. The number of quaternary nitrogens is 1. The van der Waals surface area contributed by atoms with Crippen LogP contribution in [0.5, 0.6) is 0 Å². The first-order valence-corrected chi connectivity index (χ1v) is 12.1. The molecule has 1 radical (unpaired) electrons. The molecule has 3 aromatic rings. The monoisotopic (exact) mass is 449 g/mol. The maximum Gasteiger partial charge on any atom is 0.361 e. The molecule has 0 aliphatic heterocycles. The van der Waals surface area contributed by atoms with E-state index in [1.54, 1.807) is 12.1 Å². The number of carbonyl (C=O) groups is 1. The topological polar surface area (TPSA) is 68.3 Å². The van der Waals surface area contributed by atoms with Crippen molar-refractivity contribution in [2.45, 2.75) is 26.3 Å². The van der Waals surface area contributed by atoms with Gasteiger partial charge in [-0.2, -0.15) is 8.42 Å². The molecule has 3 aromatic carbocycles. The van der Waals surface area contributed by atoms with Crippen molar-refractivity contribution < 1.29 is 21.9 Å². The van der Waals surface area contributed by atoms with Crippen LogP contribution in [0.3, 0.4) is 0 Å². The molecule has 1 amide bonds. The lowest BCUT2D eigenvalue weighted by Crippen LogP contribution is -2.61. The van der Waals surface area contributed by atoms with Crippen LogP contribution in [-0.2, 0) is 21.2 Å². The van der Waals surface area contributed by atoms with Crippen molar-refractivity contribution in [2.24, 2.45) is 0 Å². The van der Waals surface area contributed by atoms with Gasteiger partial charge in [0.2, 0.25) is 0 Å². The Hall–Kier alpha value is -3.09. The van der Waals surface area contributed by atoms with Crippen molar-refractivity contribution in [3.8, 4) is 11.1 Å². The molecule has 1 unspecified atom stereocenters. The van der Waals surface area contributed by atoms with Crippen LogP contribution < -0.4 is 0 Å². The molecule has 32 heavy (non-hydrogen) atoms. The first kappa shape index (κ1) is 23.6. The number of sulfonamides is 1. The highest BCUT2D eigenvalue weighted by molar-refractivity contribution is 7.85. The molecule has 2 atom stereocenters. The van der Waals surface area contributed by atoms with Crippen molar-refractivity contribution in [2.75, 3.05) is 13.3 Å². The number of aryl methyl sites for hydroxylation is 2. The number of amides is 1. The van der Waals surface area contributed by atoms with Gasteiger partial charge in [0.05, 0.1) is 18.9 Å². The maximum absolute atomic E-state index is 13.5. The summed E-state index contributed by atoms with van der Waals surface area (Å²) in [7, 11) is -2.71. The van der Waals surface area contributed by atoms with Crippen LogP contribution >= 0.6 is 0 Å². The van der Waals surface area contributed by atoms with Crippen molar-refractivity contribution in [3.05, 3.63) is 95.1 Å². The fourth-order valence-electron chi connectivity index (χ4n) is 3.88. The first-order chi connectivity index (χ1) is 15.1. The van der Waals surface area contributed by atoms with Crippen molar-refractivity contribution in [1.29, 1.82) is 0 Å². The SMILES string of the molecule is Cc1cc(C)cc(C(=O)[N+](C)([C@H]([C]=O)Cc2ccc(-c3ccccc3)cc2)S(C)(=O)=O)c1. The molecule has 0 heterocycles. The zero-order valence-corrected chi connectivity index (χ0v) is 19.5. The van der Waals surface area contributed by atoms with E-state index in [0.29, 0.717) is 0 Å². The maximum atomic E-state index is 13.5. The Balaban J connectivity index is 1.97. The number of hydrogen-bond donors (Lipinski definition) is 0. The molecule has 0 saturated heterocycles. The minimum atomic E-state index is -3.99. The van der Waals surface area contributed by atoms with E-state index in [1.165, 1.54) is 7.05 Å². The van der Waals surface area contributed by atoms with Crippen LogP contribution in [0.2, 0.25) is 0 Å². The van der Waals surface area contributed by atoms with Gasteiger partial charge in [-0.25, -0.2) is 4.79 Å². The normalized spacial score (nSPS) is 14.4. The predicted molar refractivity (Wildman–Crippen MR) is 126 cm³/mol. The lowest BCUT2D eigenvalue weighted by Gasteiger charge is -2.33. The highest BCUT2D eigenvalue weighted by Crippen LogP contribution is 2.26. The Labute approximate surface area is 190 Å². The summed E-state index contributed by atoms with van der Waals surface area (Å²) in [5.41, 5.74) is 4.76. The van der Waals surface area contributed by atoms with E-state index in [0.717, 1.165) is 34.1 Å². The Morgan fingerprint density at radius 3 is 1.94 bits per heavy atom. The van der Waals surface area contributed by atoms with Gasteiger partial charge in [0.1, 0.15) is 0 Å². The van der Waals surface area contributed by atoms with Crippen LogP contribution in [0.1, 0.15) is 27.0 Å². The second kappa shape index (κ2) is 9.18. The molecule has 0 aliphatic rings. The Bertz CT molecular complexity index is 1210. The van der Waals surface area contributed by atoms with E-state index in [1.807, 2.05) is 80.8 Å². The highest BCUT2D eigenvalue weighted by atomic mass is 32.2. The van der Waals surface area contributed by atoms with Crippen LogP contribution in [-0.4, -0.2) is 43.8 Å². The molecule has 0 aromatic heterocycles. The molecule has 0 aliphatic carbocycles. The summed E-state index contributed by atoms with van der Waals surface area (Å²) in [6.45, 7) is 3.68. The third kappa shape index (κ3) is 4.71. The van der Waals surface area contributed by atoms with Crippen LogP contribution in [0.15, 0.2) is 72.8 Å². The zero-order chi connectivity index (χ0) is 23.5. The average molecular weight is 450 g/mol. The largest absolute Gasteiger partial charge is 0.361 e. The van der Waals surface area contributed by atoms with Gasteiger partial charge in [-0.05, 0) is 53.8 Å². The molecule has 6 heteroatoms. The third-order valence-electron chi connectivity index (χ3n) is 5.78. The van der Waals surface area contributed by atoms with Gasteiger partial charge < -0.3 is 0 Å². The Kier molecular flexibility index (Phi) is 6.77. The number of nitrogens with zero attached hydrogens (tertiary/aromatic N) is 1. The van der Waals surface area contributed by atoms with Gasteiger partial charge in [0, 0.05) is 6.42 Å². The summed E-state index contributed by atoms with van der Waals surface area (Å²) in [4.78, 5) is 25.5. The van der Waals surface area contributed by atoms with Crippen molar-refractivity contribution in [3.63, 3.8) is 0 Å². The number of rotatable bonds is 7. The molecule has 0 N–H and O–H groups in total. The molecular weight excluding hydrogens is 422 g/mol. The summed E-state index contributed by atoms with van der Waals surface area (Å²) < 4.78 is 24.6. The van der Waals surface area contributed by atoms with Gasteiger partial charge in [0.25, 0.3) is 6.29 Å². The van der Waals surface area contributed by atoms with Crippen molar-refractivity contribution in [1.82, 2.24) is 0 Å². The van der Waals surface area contributed by atoms with Crippen LogP contribution in [0.4, 0.5) is 0 Å². The standard InChI is InChI=1S/C26H27NO4S/c1-19-14-20(2)16-24(15-19)26(29)27(3,32(4,30)31)25(18-28)17-21-10-12-23(13-11-21)22-8-6-5-7-9-22/h5-16,25H,17H2,1-4H3/q+1/t25-,27?/m0/s1. The second-order valence-corrected chi connectivity index (χ2v) is 10.5. The fourth-order valence-corrected chi connectivity index (χ4v) is 4.87. The smallest absolute Gasteiger partial charge is 0.284 e. The van der Waals surface area contributed by atoms with E-state index in [4.69, 9.17) is 0 Å². The highest BCUT2D eigenvalue weighted by Gasteiger charge is 2.50. The summed E-state index contributed by atoms with van der Waals surface area (Å²) in [5.74, 6) is -0.645. The molecule has 0 saturated carbocycles. The van der Waals surface area contributed by atoms with Crippen molar-refractivity contribution >= 4 is 22.2 Å².